The number of sulfone groups is 1. The van der Waals surface area contributed by atoms with Gasteiger partial charge >= 0.3 is 6.03 Å². The summed E-state index contributed by atoms with van der Waals surface area (Å²) in [6, 6.07) is 1.45. The lowest BCUT2D eigenvalue weighted by Crippen LogP contribution is -2.29. The monoisotopic (exact) mass is 426 g/mol. The highest BCUT2D eigenvalue weighted by molar-refractivity contribution is 7.91. The lowest BCUT2D eigenvalue weighted by molar-refractivity contribution is -0.118. The molecule has 1 aliphatic heterocycles. The molecule has 0 bridgehead atoms. The predicted octanol–water partition coefficient (Wildman–Crippen LogP) is 2.70. The Kier molecular flexibility index (Phi) is 7.21. The Balaban J connectivity index is 1.39. The van der Waals surface area contributed by atoms with Crippen molar-refractivity contribution >= 4 is 21.8 Å². The number of nitrogens with zero attached hydrogens (tertiary/aromatic N) is 1. The molecule has 1 aliphatic carbocycles. The van der Waals surface area contributed by atoms with Gasteiger partial charge in [0, 0.05) is 18.5 Å². The van der Waals surface area contributed by atoms with Crippen LogP contribution in [0.5, 0.6) is 5.95 Å². The Morgan fingerprint density at radius 1 is 1.28 bits per heavy atom. The van der Waals surface area contributed by atoms with Gasteiger partial charge in [-0.15, -0.1) is 0 Å². The number of hydrogen-bond donors (Lipinski definition) is 1. The summed E-state index contributed by atoms with van der Waals surface area (Å²) in [5, 5.41) is 2.23. The minimum atomic E-state index is -3.20. The SMILES string of the molecule is CC[C@@H](CS(=O)(=O)CCCCCN1CC(=O)NC1=O)c1coc(OCC2CC2)c1. The first-order valence-corrected chi connectivity index (χ1v) is 12.2. The molecule has 29 heavy (non-hydrogen) atoms. The molecule has 1 aromatic heterocycles. The van der Waals surface area contributed by atoms with Gasteiger partial charge in [0.05, 0.1) is 24.4 Å². The first kappa shape index (κ1) is 21.7. The fourth-order valence-electron chi connectivity index (χ4n) is 3.41. The number of ether oxygens (including phenoxy) is 1. The third kappa shape index (κ3) is 6.76. The standard InChI is InChI=1S/C20H30N2O6S/c1-2-16(17-10-19(28-13-17)27-12-15-6-7-15)14-29(25,26)9-5-3-4-8-22-11-18(23)21-20(22)24/h10,13,15-16H,2-9,11-12,14H2,1H3,(H,21,23,24)/t16-/m0/s1. The van der Waals surface area contributed by atoms with Crippen LogP contribution >= 0.6 is 0 Å². The van der Waals surface area contributed by atoms with Crippen molar-refractivity contribution in [1.82, 2.24) is 10.2 Å². The number of nitrogens with one attached hydrogen (secondary N) is 1. The van der Waals surface area contributed by atoms with Crippen molar-refractivity contribution in [1.29, 1.82) is 0 Å². The van der Waals surface area contributed by atoms with Crippen LogP contribution in [0.1, 0.15) is 56.9 Å². The van der Waals surface area contributed by atoms with E-state index in [2.05, 4.69) is 5.32 Å². The Morgan fingerprint density at radius 3 is 2.72 bits per heavy atom. The number of unbranched alkanes of at least 4 members (excludes halogenated alkanes) is 2. The van der Waals surface area contributed by atoms with Crippen LogP contribution in [0.4, 0.5) is 4.79 Å². The van der Waals surface area contributed by atoms with E-state index >= 15 is 0 Å². The number of rotatable bonds is 13. The molecule has 2 aliphatic rings. The van der Waals surface area contributed by atoms with Crippen LogP contribution < -0.4 is 10.1 Å². The summed E-state index contributed by atoms with van der Waals surface area (Å²) in [5.41, 5.74) is 0.867. The Labute approximate surface area is 171 Å². The Morgan fingerprint density at radius 2 is 2.07 bits per heavy atom. The van der Waals surface area contributed by atoms with Gasteiger partial charge in [0.1, 0.15) is 6.54 Å². The summed E-state index contributed by atoms with van der Waals surface area (Å²) < 4.78 is 36.1. The number of hydrogen-bond acceptors (Lipinski definition) is 6. The van der Waals surface area contributed by atoms with Gasteiger partial charge in [-0.3, -0.25) is 10.1 Å². The first-order chi connectivity index (χ1) is 13.9. The second-order valence-corrected chi connectivity index (χ2v) is 10.2. The summed E-state index contributed by atoms with van der Waals surface area (Å²) in [7, 11) is -3.20. The molecule has 1 saturated carbocycles. The van der Waals surface area contributed by atoms with Crippen LogP contribution in [0.15, 0.2) is 16.7 Å². The van der Waals surface area contributed by atoms with Crippen LogP contribution in [0.3, 0.4) is 0 Å². The third-order valence-corrected chi connectivity index (χ3v) is 7.25. The molecule has 0 aromatic carbocycles. The average molecular weight is 427 g/mol. The van der Waals surface area contributed by atoms with Gasteiger partial charge < -0.3 is 14.1 Å². The molecule has 2 fully saturated rings. The second-order valence-electron chi connectivity index (χ2n) is 8.01. The quantitative estimate of drug-likeness (QED) is 0.384. The zero-order valence-corrected chi connectivity index (χ0v) is 17.7. The van der Waals surface area contributed by atoms with Crippen LogP contribution in [0, 0.1) is 5.92 Å². The number of carbonyl (C=O) groups is 2. The molecule has 3 amide bonds. The molecular weight excluding hydrogens is 396 g/mol. The van der Waals surface area contributed by atoms with Gasteiger partial charge in [0.25, 0.3) is 5.95 Å². The molecule has 9 heteroatoms. The highest BCUT2D eigenvalue weighted by Crippen LogP contribution is 2.31. The molecular formula is C20H30N2O6S. The zero-order chi connectivity index (χ0) is 20.9. The maximum absolute atomic E-state index is 12.5. The number of amides is 3. The van der Waals surface area contributed by atoms with Crippen molar-refractivity contribution in [3.8, 4) is 5.95 Å². The first-order valence-electron chi connectivity index (χ1n) is 10.4. The summed E-state index contributed by atoms with van der Waals surface area (Å²) in [6.07, 6.45) is 6.63. The molecule has 162 valence electrons. The Bertz CT molecular complexity index is 815. The van der Waals surface area contributed by atoms with Crippen LogP contribution in [-0.4, -0.2) is 56.5 Å². The van der Waals surface area contributed by atoms with Crippen molar-refractivity contribution < 1.29 is 27.2 Å². The van der Waals surface area contributed by atoms with Crippen molar-refractivity contribution in [3.05, 3.63) is 17.9 Å². The van der Waals surface area contributed by atoms with E-state index in [9.17, 15) is 18.0 Å². The van der Waals surface area contributed by atoms with E-state index in [0.29, 0.717) is 50.7 Å². The fraction of sp³-hybridized carbons (Fsp3) is 0.700. The molecule has 1 saturated heterocycles. The molecule has 1 atom stereocenters. The molecule has 3 rings (SSSR count). The maximum atomic E-state index is 12.5. The molecule has 0 radical (unpaired) electrons. The minimum Gasteiger partial charge on any atom is -0.465 e. The van der Waals surface area contributed by atoms with Gasteiger partial charge in [0.15, 0.2) is 9.84 Å². The molecule has 1 aromatic rings. The summed E-state index contributed by atoms with van der Waals surface area (Å²) in [4.78, 5) is 24.0. The van der Waals surface area contributed by atoms with Gasteiger partial charge in [-0.25, -0.2) is 13.2 Å². The van der Waals surface area contributed by atoms with E-state index in [0.717, 1.165) is 5.56 Å². The average Bonchev–Trinajstić information content (AvgIpc) is 3.29. The molecule has 2 heterocycles. The fourth-order valence-corrected chi connectivity index (χ4v) is 5.26. The van der Waals surface area contributed by atoms with E-state index in [1.54, 1.807) is 6.26 Å². The van der Waals surface area contributed by atoms with Gasteiger partial charge in [-0.05, 0) is 43.6 Å². The van der Waals surface area contributed by atoms with E-state index in [-0.39, 0.29) is 35.9 Å². The topological polar surface area (TPSA) is 106 Å². The Hall–Kier alpha value is -2.03. The summed E-state index contributed by atoms with van der Waals surface area (Å²) >= 11 is 0. The lowest BCUT2D eigenvalue weighted by Gasteiger charge is -2.14. The van der Waals surface area contributed by atoms with E-state index < -0.39 is 9.84 Å². The molecule has 0 spiro atoms. The number of urea groups is 1. The largest absolute Gasteiger partial charge is 0.465 e. The molecule has 0 unspecified atom stereocenters. The normalized spacial score (nSPS) is 18.2. The number of carbonyl (C=O) groups excluding carboxylic acids is 2. The van der Waals surface area contributed by atoms with E-state index in [1.165, 1.54) is 17.7 Å². The zero-order valence-electron chi connectivity index (χ0n) is 16.9. The van der Waals surface area contributed by atoms with Crippen molar-refractivity contribution in [2.75, 3.05) is 31.2 Å². The summed E-state index contributed by atoms with van der Waals surface area (Å²) in [6.45, 7) is 3.19. The van der Waals surface area contributed by atoms with Crippen LogP contribution in [-0.2, 0) is 14.6 Å². The van der Waals surface area contributed by atoms with Crippen LogP contribution in [0.25, 0.3) is 0 Å². The van der Waals surface area contributed by atoms with Gasteiger partial charge in [-0.2, -0.15) is 0 Å². The van der Waals surface area contributed by atoms with Gasteiger partial charge in [-0.1, -0.05) is 13.3 Å². The number of furan rings is 1. The van der Waals surface area contributed by atoms with Crippen molar-refractivity contribution in [2.45, 2.75) is 51.4 Å². The highest BCUT2D eigenvalue weighted by atomic mass is 32.2. The summed E-state index contributed by atoms with van der Waals surface area (Å²) in [5.74, 6) is 0.911. The highest BCUT2D eigenvalue weighted by Gasteiger charge is 2.26. The number of imide groups is 1. The maximum Gasteiger partial charge on any atom is 0.324 e. The predicted molar refractivity (Wildman–Crippen MR) is 108 cm³/mol. The van der Waals surface area contributed by atoms with Crippen molar-refractivity contribution in [2.24, 2.45) is 5.92 Å². The minimum absolute atomic E-state index is 0.0897. The third-order valence-electron chi connectivity index (χ3n) is 5.42. The van der Waals surface area contributed by atoms with Crippen molar-refractivity contribution in [3.63, 3.8) is 0 Å². The van der Waals surface area contributed by atoms with Gasteiger partial charge in [0.2, 0.25) is 5.91 Å². The second kappa shape index (κ2) is 9.65. The van der Waals surface area contributed by atoms with E-state index in [4.69, 9.17) is 9.15 Å². The molecule has 8 nitrogen and oxygen atoms in total. The van der Waals surface area contributed by atoms with Crippen LogP contribution in [0.2, 0.25) is 0 Å². The molecule has 1 N–H and O–H groups in total. The van der Waals surface area contributed by atoms with E-state index in [1.807, 2.05) is 13.0 Å². The lowest BCUT2D eigenvalue weighted by atomic mass is 10.0. The smallest absolute Gasteiger partial charge is 0.324 e.